The van der Waals surface area contributed by atoms with Gasteiger partial charge in [-0.2, -0.15) is 0 Å². The topological polar surface area (TPSA) is 4.36 Å². The van der Waals surface area contributed by atoms with Gasteiger partial charge < -0.3 is 0 Å². The van der Waals surface area contributed by atoms with Gasteiger partial charge in [-0.05, 0) is 5.92 Å². The van der Waals surface area contributed by atoms with E-state index in [9.17, 15) is 0 Å². The van der Waals surface area contributed by atoms with Crippen molar-refractivity contribution in [2.75, 3.05) is 0 Å². The minimum absolute atomic E-state index is 0.508. The molecule has 0 aliphatic rings. The normalized spacial score (nSPS) is 10.0. The Kier molecular flexibility index (Phi) is 3.04. The first kappa shape index (κ1) is 6.23. The van der Waals surface area contributed by atoms with Crippen LogP contribution in [0.15, 0.2) is 12.3 Å². The Bertz CT molecular complexity index is 95.2. The van der Waals surface area contributed by atoms with Crippen LogP contribution in [0.5, 0.6) is 0 Å². The maximum absolute atomic E-state index is 6.33. The summed E-state index contributed by atoms with van der Waals surface area (Å²) < 4.78 is 0. The molecule has 0 amide bonds. The summed E-state index contributed by atoms with van der Waals surface area (Å²) in [5.74, 6) is 0.508. The average Bonchev–Trinajstić information content (AvgIpc) is 1.61. The van der Waals surface area contributed by atoms with Gasteiger partial charge >= 0.3 is 0 Å². The van der Waals surface area contributed by atoms with Crippen LogP contribution in [0.25, 0.3) is 4.85 Å². The largest absolute Gasteiger partial charge is 0.246 e. The van der Waals surface area contributed by atoms with E-state index >= 15 is 0 Å². The Labute approximate surface area is 44.5 Å². The third-order valence-electron chi connectivity index (χ3n) is 0.546. The summed E-state index contributed by atoms with van der Waals surface area (Å²) in [5, 5.41) is 0. The van der Waals surface area contributed by atoms with E-state index in [1.165, 1.54) is 6.20 Å². The molecule has 0 bridgehead atoms. The third kappa shape index (κ3) is 5.23. The number of hydrogen-bond donors (Lipinski definition) is 0. The van der Waals surface area contributed by atoms with Crippen molar-refractivity contribution < 1.29 is 0 Å². The van der Waals surface area contributed by atoms with E-state index in [0.29, 0.717) is 5.92 Å². The highest BCUT2D eigenvalue weighted by molar-refractivity contribution is 4.90. The van der Waals surface area contributed by atoms with Gasteiger partial charge in [-0.15, -0.1) is 0 Å². The number of hydrogen-bond acceptors (Lipinski definition) is 0. The molecule has 0 atom stereocenters. The summed E-state index contributed by atoms with van der Waals surface area (Å²) in [6, 6.07) is 0. The first-order valence-corrected chi connectivity index (χ1v) is 2.30. The molecule has 0 aromatic rings. The molecular weight excluding hydrogens is 86.1 g/mol. The van der Waals surface area contributed by atoms with Crippen molar-refractivity contribution >= 4 is 0 Å². The first-order chi connectivity index (χ1) is 3.27. The Hall–Kier alpha value is -0.770. The molecule has 38 valence electrons. The highest BCUT2D eigenvalue weighted by atomic mass is 14.6. The minimum Gasteiger partial charge on any atom is -0.246 e. The Morgan fingerprint density at radius 3 is 2.29 bits per heavy atom. The molecule has 0 heterocycles. The molecule has 0 aromatic heterocycles. The van der Waals surface area contributed by atoms with Gasteiger partial charge in [-0.1, -0.05) is 19.9 Å². The van der Waals surface area contributed by atoms with Gasteiger partial charge in [0.25, 0.3) is 0 Å². The van der Waals surface area contributed by atoms with Crippen LogP contribution in [0, 0.1) is 12.5 Å². The average molecular weight is 95.1 g/mol. The Balaban J connectivity index is 3.31. The lowest BCUT2D eigenvalue weighted by Crippen LogP contribution is -1.73. The van der Waals surface area contributed by atoms with Gasteiger partial charge in [0.2, 0.25) is 0 Å². The van der Waals surface area contributed by atoms with Crippen molar-refractivity contribution in [3.63, 3.8) is 0 Å². The van der Waals surface area contributed by atoms with Gasteiger partial charge in [0, 0.05) is 0 Å². The van der Waals surface area contributed by atoms with Crippen LogP contribution in [0.2, 0.25) is 0 Å². The van der Waals surface area contributed by atoms with Crippen molar-refractivity contribution in [2.24, 2.45) is 5.92 Å². The lowest BCUT2D eigenvalue weighted by atomic mass is 10.2. The number of allylic oxidation sites excluding steroid dienone is 1. The lowest BCUT2D eigenvalue weighted by Gasteiger charge is -1.86. The molecule has 0 N–H and O–H groups in total. The summed E-state index contributed by atoms with van der Waals surface area (Å²) in [5.41, 5.74) is 0. The molecule has 0 spiro atoms. The van der Waals surface area contributed by atoms with Crippen LogP contribution in [0.3, 0.4) is 0 Å². The minimum atomic E-state index is 0.508. The fraction of sp³-hybridized carbons (Fsp3) is 0.500. The predicted octanol–water partition coefficient (Wildman–Crippen LogP) is 2.08. The number of nitrogens with zero attached hydrogens (tertiary/aromatic N) is 1. The second kappa shape index (κ2) is 3.42. The highest BCUT2D eigenvalue weighted by Gasteiger charge is 1.77. The third-order valence-corrected chi connectivity index (χ3v) is 0.546. The zero-order valence-corrected chi connectivity index (χ0v) is 4.68. The maximum atomic E-state index is 6.33. The summed E-state index contributed by atoms with van der Waals surface area (Å²) in [6.07, 6.45) is 3.36. The molecule has 0 radical (unpaired) electrons. The molecule has 0 rings (SSSR count). The fourth-order valence-corrected chi connectivity index (χ4v) is 0.215. The van der Waals surface area contributed by atoms with Gasteiger partial charge in [-0.25, -0.2) is 4.85 Å². The summed E-state index contributed by atoms with van der Waals surface area (Å²) >= 11 is 0. The first-order valence-electron chi connectivity index (χ1n) is 2.30. The van der Waals surface area contributed by atoms with Crippen LogP contribution in [-0.2, 0) is 0 Å². The lowest BCUT2D eigenvalue weighted by molar-refractivity contribution is 0.832. The van der Waals surface area contributed by atoms with E-state index in [2.05, 4.69) is 4.85 Å². The van der Waals surface area contributed by atoms with Crippen molar-refractivity contribution in [1.29, 1.82) is 0 Å². The standard InChI is InChI=1S/C6H9N/c1-6(2)4-5-7-3/h4-6H,1-2H3. The van der Waals surface area contributed by atoms with Crippen LogP contribution in [-0.4, -0.2) is 0 Å². The zero-order chi connectivity index (χ0) is 5.70. The second-order valence-corrected chi connectivity index (χ2v) is 1.71. The summed E-state index contributed by atoms with van der Waals surface area (Å²) in [7, 11) is 0. The van der Waals surface area contributed by atoms with E-state index in [1.54, 1.807) is 0 Å². The SMILES string of the molecule is [C-]#[N+]C=CC(C)C. The Morgan fingerprint density at radius 2 is 2.14 bits per heavy atom. The monoisotopic (exact) mass is 95.1 g/mol. The molecule has 0 unspecified atom stereocenters. The fourth-order valence-electron chi connectivity index (χ4n) is 0.215. The number of rotatable bonds is 1. The van der Waals surface area contributed by atoms with E-state index in [1.807, 2.05) is 19.9 Å². The van der Waals surface area contributed by atoms with Crippen molar-refractivity contribution in [3.05, 3.63) is 23.7 Å². The van der Waals surface area contributed by atoms with E-state index in [4.69, 9.17) is 6.57 Å². The van der Waals surface area contributed by atoms with Crippen molar-refractivity contribution in [1.82, 2.24) is 0 Å². The maximum Gasteiger partial charge on any atom is 0.150 e. The molecule has 0 saturated carbocycles. The van der Waals surface area contributed by atoms with Gasteiger partial charge in [0.1, 0.15) is 0 Å². The van der Waals surface area contributed by atoms with Crippen LogP contribution < -0.4 is 0 Å². The van der Waals surface area contributed by atoms with Crippen LogP contribution in [0.4, 0.5) is 0 Å². The molecule has 0 aromatic carbocycles. The van der Waals surface area contributed by atoms with E-state index in [-0.39, 0.29) is 0 Å². The van der Waals surface area contributed by atoms with Gasteiger partial charge in [0.15, 0.2) is 6.20 Å². The van der Waals surface area contributed by atoms with Crippen molar-refractivity contribution in [3.8, 4) is 0 Å². The van der Waals surface area contributed by atoms with Gasteiger partial charge in [0.05, 0.1) is 6.57 Å². The molecule has 7 heavy (non-hydrogen) atoms. The molecule has 0 aliphatic carbocycles. The quantitative estimate of drug-likeness (QED) is 0.439. The molecular formula is C6H9N. The van der Waals surface area contributed by atoms with Crippen LogP contribution >= 0.6 is 0 Å². The second-order valence-electron chi connectivity index (χ2n) is 1.71. The molecule has 0 aliphatic heterocycles. The summed E-state index contributed by atoms with van der Waals surface area (Å²) in [6.45, 7) is 10.4. The summed E-state index contributed by atoms with van der Waals surface area (Å²) in [4.78, 5) is 3.05. The van der Waals surface area contributed by atoms with E-state index in [0.717, 1.165) is 0 Å². The van der Waals surface area contributed by atoms with Crippen molar-refractivity contribution in [2.45, 2.75) is 13.8 Å². The van der Waals surface area contributed by atoms with Gasteiger partial charge in [-0.3, -0.25) is 0 Å². The smallest absolute Gasteiger partial charge is 0.150 e. The predicted molar refractivity (Wildman–Crippen MR) is 30.6 cm³/mol. The molecule has 0 saturated heterocycles. The molecule has 1 heteroatoms. The zero-order valence-electron chi connectivity index (χ0n) is 4.68. The highest BCUT2D eigenvalue weighted by Crippen LogP contribution is 1.91. The molecule has 1 nitrogen and oxygen atoms in total. The molecule has 0 fully saturated rings. The van der Waals surface area contributed by atoms with Crippen LogP contribution in [0.1, 0.15) is 13.8 Å². The Morgan fingerprint density at radius 1 is 1.57 bits per heavy atom. The van der Waals surface area contributed by atoms with E-state index < -0.39 is 0 Å².